The molecule has 0 bridgehead atoms. The number of aliphatic hydroxyl groups excluding tert-OH is 1. The number of hydrogen-bond acceptors (Lipinski definition) is 2. The normalized spacial score (nSPS) is 27.7. The summed E-state index contributed by atoms with van der Waals surface area (Å²) in [5.74, 6) is 0.231. The highest BCUT2D eigenvalue weighted by Gasteiger charge is 2.27. The minimum atomic E-state index is -0.244. The number of fused-ring (bicyclic) bond motifs is 1. The van der Waals surface area contributed by atoms with E-state index in [2.05, 4.69) is 11.4 Å². The van der Waals surface area contributed by atoms with Gasteiger partial charge in [0.1, 0.15) is 0 Å². The Morgan fingerprint density at radius 3 is 2.88 bits per heavy atom. The monoisotopic (exact) mass is 231 g/mol. The molecule has 1 heterocycles. The predicted molar refractivity (Wildman–Crippen MR) is 64.8 cm³/mol. The van der Waals surface area contributed by atoms with Gasteiger partial charge in [-0.1, -0.05) is 25.0 Å². The lowest BCUT2D eigenvalue weighted by Gasteiger charge is -2.28. The van der Waals surface area contributed by atoms with E-state index < -0.39 is 0 Å². The molecule has 0 aromatic heterocycles. The molecule has 1 aliphatic carbocycles. The van der Waals surface area contributed by atoms with Crippen molar-refractivity contribution in [1.82, 2.24) is 5.32 Å². The Hall–Kier alpha value is -1.35. The molecule has 3 nitrogen and oxygen atoms in total. The number of nitrogens with one attached hydrogen (secondary N) is 1. The fourth-order valence-corrected chi connectivity index (χ4v) is 2.96. The fourth-order valence-electron chi connectivity index (χ4n) is 2.96. The summed E-state index contributed by atoms with van der Waals surface area (Å²) in [4.78, 5) is 11.6. The molecule has 0 spiro atoms. The van der Waals surface area contributed by atoms with Crippen LogP contribution in [0.3, 0.4) is 0 Å². The molecule has 1 saturated carbocycles. The third-order valence-corrected chi connectivity index (χ3v) is 3.98. The third-order valence-electron chi connectivity index (χ3n) is 3.98. The van der Waals surface area contributed by atoms with Crippen LogP contribution in [0, 0.1) is 0 Å². The number of rotatable bonds is 1. The summed E-state index contributed by atoms with van der Waals surface area (Å²) in [6.45, 7) is 0.641. The van der Waals surface area contributed by atoms with Crippen molar-refractivity contribution in [3.8, 4) is 0 Å². The third kappa shape index (κ3) is 1.84. The lowest BCUT2D eigenvalue weighted by Crippen LogP contribution is -2.22. The summed E-state index contributed by atoms with van der Waals surface area (Å²) in [6.07, 6.45) is 3.95. The van der Waals surface area contributed by atoms with Crippen LogP contribution in [0.4, 0.5) is 0 Å². The van der Waals surface area contributed by atoms with Crippen molar-refractivity contribution in [3.63, 3.8) is 0 Å². The minimum absolute atomic E-state index is 0.0205. The highest BCUT2D eigenvalue weighted by molar-refractivity contribution is 5.98. The van der Waals surface area contributed by atoms with E-state index in [0.29, 0.717) is 6.54 Å². The van der Waals surface area contributed by atoms with Crippen LogP contribution < -0.4 is 5.32 Å². The quantitative estimate of drug-likeness (QED) is 0.776. The Labute approximate surface area is 101 Å². The Bertz CT molecular complexity index is 456. The molecular weight excluding hydrogens is 214 g/mol. The van der Waals surface area contributed by atoms with Crippen molar-refractivity contribution in [2.24, 2.45) is 0 Å². The van der Waals surface area contributed by atoms with Crippen LogP contribution in [0.15, 0.2) is 18.2 Å². The number of carbonyl (C=O) groups excluding carboxylic acids is 1. The second kappa shape index (κ2) is 4.15. The van der Waals surface area contributed by atoms with Crippen molar-refractivity contribution in [2.75, 3.05) is 0 Å². The van der Waals surface area contributed by atoms with E-state index in [-0.39, 0.29) is 17.9 Å². The molecule has 2 atom stereocenters. The van der Waals surface area contributed by atoms with E-state index in [0.717, 1.165) is 36.0 Å². The first kappa shape index (κ1) is 10.8. The Morgan fingerprint density at radius 1 is 1.24 bits per heavy atom. The Kier molecular flexibility index (Phi) is 2.63. The van der Waals surface area contributed by atoms with E-state index in [9.17, 15) is 9.90 Å². The van der Waals surface area contributed by atoms with Crippen molar-refractivity contribution < 1.29 is 9.90 Å². The van der Waals surface area contributed by atoms with Gasteiger partial charge in [0.15, 0.2) is 0 Å². The summed E-state index contributed by atoms with van der Waals surface area (Å²) in [6, 6.07) is 6.05. The van der Waals surface area contributed by atoms with Crippen LogP contribution in [-0.2, 0) is 6.54 Å². The maximum absolute atomic E-state index is 11.6. The lowest BCUT2D eigenvalue weighted by molar-refractivity contribution is 0.0963. The summed E-state index contributed by atoms with van der Waals surface area (Å²) >= 11 is 0. The van der Waals surface area contributed by atoms with Crippen LogP contribution in [0.5, 0.6) is 0 Å². The van der Waals surface area contributed by atoms with Crippen molar-refractivity contribution in [3.05, 3.63) is 34.9 Å². The van der Waals surface area contributed by atoms with Crippen LogP contribution >= 0.6 is 0 Å². The van der Waals surface area contributed by atoms with E-state index in [1.165, 1.54) is 6.42 Å². The topological polar surface area (TPSA) is 49.3 Å². The smallest absolute Gasteiger partial charge is 0.251 e. The molecule has 90 valence electrons. The highest BCUT2D eigenvalue weighted by Crippen LogP contribution is 2.34. The lowest BCUT2D eigenvalue weighted by atomic mass is 9.81. The molecular formula is C14H17NO2. The van der Waals surface area contributed by atoms with E-state index >= 15 is 0 Å². The summed E-state index contributed by atoms with van der Waals surface area (Å²) in [7, 11) is 0. The molecule has 2 aliphatic rings. The van der Waals surface area contributed by atoms with Gasteiger partial charge in [0.25, 0.3) is 5.91 Å². The second-order valence-corrected chi connectivity index (χ2v) is 5.06. The van der Waals surface area contributed by atoms with Crippen molar-refractivity contribution >= 4 is 5.91 Å². The first-order chi connectivity index (χ1) is 8.25. The number of carbonyl (C=O) groups is 1. The summed E-state index contributed by atoms with van der Waals surface area (Å²) in [5.41, 5.74) is 2.98. The molecule has 3 rings (SSSR count). The molecule has 0 saturated heterocycles. The fraction of sp³-hybridized carbons (Fsp3) is 0.500. The molecule has 2 N–H and O–H groups in total. The van der Waals surface area contributed by atoms with Gasteiger partial charge in [-0.2, -0.15) is 0 Å². The molecule has 17 heavy (non-hydrogen) atoms. The average molecular weight is 231 g/mol. The van der Waals surface area contributed by atoms with Gasteiger partial charge in [-0.15, -0.1) is 0 Å². The summed E-state index contributed by atoms with van der Waals surface area (Å²) < 4.78 is 0. The predicted octanol–water partition coefficient (Wildman–Crippen LogP) is 1.95. The van der Waals surface area contributed by atoms with Crippen molar-refractivity contribution in [1.29, 1.82) is 0 Å². The standard InChI is InChI=1S/C14H17NO2/c16-13-4-2-1-3-11(13)9-5-6-10-8-15-14(17)12(10)7-9/h5-7,11,13,16H,1-4,8H2,(H,15,17). The van der Waals surface area contributed by atoms with Gasteiger partial charge in [0, 0.05) is 18.0 Å². The van der Waals surface area contributed by atoms with Gasteiger partial charge in [0.05, 0.1) is 6.10 Å². The zero-order valence-electron chi connectivity index (χ0n) is 9.78. The first-order valence-corrected chi connectivity index (χ1v) is 6.35. The maximum Gasteiger partial charge on any atom is 0.251 e. The van der Waals surface area contributed by atoms with Crippen LogP contribution in [-0.4, -0.2) is 17.1 Å². The van der Waals surface area contributed by atoms with Gasteiger partial charge in [-0.05, 0) is 30.0 Å². The van der Waals surface area contributed by atoms with Crippen LogP contribution in [0.2, 0.25) is 0 Å². The molecule has 0 radical (unpaired) electrons. The number of aliphatic hydroxyl groups is 1. The van der Waals surface area contributed by atoms with E-state index in [1.54, 1.807) is 0 Å². The SMILES string of the molecule is O=C1NCc2ccc(C3CCCCC3O)cc21. The molecule has 2 unspecified atom stereocenters. The minimum Gasteiger partial charge on any atom is -0.392 e. The Balaban J connectivity index is 1.93. The molecule has 1 aromatic carbocycles. The van der Waals surface area contributed by atoms with Gasteiger partial charge >= 0.3 is 0 Å². The molecule has 1 fully saturated rings. The maximum atomic E-state index is 11.6. The van der Waals surface area contributed by atoms with Gasteiger partial charge in [-0.25, -0.2) is 0 Å². The van der Waals surface area contributed by atoms with Gasteiger partial charge in [-0.3, -0.25) is 4.79 Å². The highest BCUT2D eigenvalue weighted by atomic mass is 16.3. The Morgan fingerprint density at radius 2 is 2.06 bits per heavy atom. The van der Waals surface area contributed by atoms with E-state index in [1.807, 2.05) is 12.1 Å². The molecule has 1 aliphatic heterocycles. The average Bonchev–Trinajstić information content (AvgIpc) is 2.71. The van der Waals surface area contributed by atoms with Crippen LogP contribution in [0.1, 0.15) is 53.1 Å². The first-order valence-electron chi connectivity index (χ1n) is 6.35. The molecule has 3 heteroatoms. The van der Waals surface area contributed by atoms with Gasteiger partial charge in [0.2, 0.25) is 0 Å². The number of amides is 1. The molecule has 1 aromatic rings. The zero-order valence-corrected chi connectivity index (χ0v) is 9.78. The van der Waals surface area contributed by atoms with Crippen molar-refractivity contribution in [2.45, 2.75) is 44.2 Å². The largest absolute Gasteiger partial charge is 0.392 e. The second-order valence-electron chi connectivity index (χ2n) is 5.06. The van der Waals surface area contributed by atoms with Gasteiger partial charge < -0.3 is 10.4 Å². The van der Waals surface area contributed by atoms with Crippen LogP contribution in [0.25, 0.3) is 0 Å². The molecule has 1 amide bonds. The van der Waals surface area contributed by atoms with E-state index in [4.69, 9.17) is 0 Å². The zero-order chi connectivity index (χ0) is 11.8. The number of benzene rings is 1. The summed E-state index contributed by atoms with van der Waals surface area (Å²) in [5, 5.41) is 12.9. The number of hydrogen-bond donors (Lipinski definition) is 2.